The molecule has 3 heteroatoms. The Morgan fingerprint density at radius 3 is 3.00 bits per heavy atom. The predicted molar refractivity (Wildman–Crippen MR) is 56.3 cm³/mol. The highest BCUT2D eigenvalue weighted by Gasteiger charge is 1.95. The van der Waals surface area contributed by atoms with Gasteiger partial charge in [-0.05, 0) is 32.2 Å². The number of likely N-dealkylation sites (N-methyl/N-ethyl adjacent to an activating group) is 1. The lowest BCUT2D eigenvalue weighted by atomic mass is 10.2. The molecule has 3 nitrogen and oxygen atoms in total. The van der Waals surface area contributed by atoms with Crippen LogP contribution in [0.4, 0.5) is 5.69 Å². The molecule has 0 amide bonds. The Kier molecular flexibility index (Phi) is 3.46. The first-order chi connectivity index (χ1) is 6.24. The van der Waals surface area contributed by atoms with Crippen molar-refractivity contribution in [3.05, 3.63) is 29.6 Å². The Morgan fingerprint density at radius 1 is 1.54 bits per heavy atom. The van der Waals surface area contributed by atoms with Gasteiger partial charge in [0.2, 0.25) is 0 Å². The van der Waals surface area contributed by atoms with Gasteiger partial charge in [0.05, 0.1) is 11.4 Å². The fourth-order valence-electron chi connectivity index (χ4n) is 1.01. The Hall–Kier alpha value is -1.35. The molecule has 0 unspecified atom stereocenters. The maximum Gasteiger partial charge on any atom is 0.0859 e. The second-order valence-electron chi connectivity index (χ2n) is 2.89. The second kappa shape index (κ2) is 4.62. The fourth-order valence-corrected chi connectivity index (χ4v) is 1.01. The van der Waals surface area contributed by atoms with Crippen molar-refractivity contribution in [2.45, 2.75) is 6.92 Å². The molecular formula is C10H15N3. The third kappa shape index (κ3) is 2.87. The van der Waals surface area contributed by atoms with E-state index in [1.807, 2.05) is 38.3 Å². The minimum absolute atomic E-state index is 0.720. The summed E-state index contributed by atoms with van der Waals surface area (Å²) >= 11 is 0. The van der Waals surface area contributed by atoms with Crippen LogP contribution in [0.25, 0.3) is 6.08 Å². The van der Waals surface area contributed by atoms with Crippen LogP contribution in [0.15, 0.2) is 18.2 Å². The van der Waals surface area contributed by atoms with Crippen molar-refractivity contribution in [2.24, 2.45) is 0 Å². The first kappa shape index (κ1) is 9.74. The number of nitrogens with two attached hydrogens (primary N) is 1. The minimum Gasteiger partial charge on any atom is -0.397 e. The van der Waals surface area contributed by atoms with E-state index in [1.165, 1.54) is 0 Å². The number of aromatic nitrogens is 1. The lowest BCUT2D eigenvalue weighted by molar-refractivity contribution is 0.922. The summed E-state index contributed by atoms with van der Waals surface area (Å²) in [6.07, 6.45) is 3.93. The maximum atomic E-state index is 5.74. The van der Waals surface area contributed by atoms with Crippen molar-refractivity contribution >= 4 is 11.8 Å². The normalized spacial score (nSPS) is 10.9. The number of anilines is 1. The molecule has 0 atom stereocenters. The molecular weight excluding hydrogens is 162 g/mol. The van der Waals surface area contributed by atoms with Crippen LogP contribution < -0.4 is 11.1 Å². The van der Waals surface area contributed by atoms with E-state index < -0.39 is 0 Å². The fraction of sp³-hybridized carbons (Fsp3) is 0.300. The summed E-state index contributed by atoms with van der Waals surface area (Å²) in [4.78, 5) is 4.30. The van der Waals surface area contributed by atoms with Crippen molar-refractivity contribution in [3.8, 4) is 0 Å². The number of aryl methyl sites for hydroxylation is 1. The van der Waals surface area contributed by atoms with Gasteiger partial charge in [-0.15, -0.1) is 0 Å². The lowest BCUT2D eigenvalue weighted by Gasteiger charge is -2.00. The minimum atomic E-state index is 0.720. The molecule has 13 heavy (non-hydrogen) atoms. The molecule has 0 radical (unpaired) electrons. The second-order valence-corrected chi connectivity index (χ2v) is 2.89. The van der Waals surface area contributed by atoms with E-state index in [0.29, 0.717) is 0 Å². The molecule has 1 rings (SSSR count). The number of hydrogen-bond donors (Lipinski definition) is 2. The Balaban J connectivity index is 2.81. The first-order valence-corrected chi connectivity index (χ1v) is 4.28. The largest absolute Gasteiger partial charge is 0.397 e. The van der Waals surface area contributed by atoms with Crippen LogP contribution in [0.5, 0.6) is 0 Å². The zero-order valence-corrected chi connectivity index (χ0v) is 8.04. The molecule has 1 heterocycles. The number of pyridine rings is 1. The van der Waals surface area contributed by atoms with Gasteiger partial charge in [-0.3, -0.25) is 4.98 Å². The molecule has 0 spiro atoms. The van der Waals surface area contributed by atoms with Gasteiger partial charge in [-0.1, -0.05) is 6.08 Å². The van der Waals surface area contributed by atoms with Gasteiger partial charge in [0.1, 0.15) is 0 Å². The Bertz CT molecular complexity index is 305. The van der Waals surface area contributed by atoms with E-state index in [-0.39, 0.29) is 0 Å². The van der Waals surface area contributed by atoms with Crippen LogP contribution in [0.2, 0.25) is 0 Å². The summed E-state index contributed by atoms with van der Waals surface area (Å²) in [6, 6.07) is 3.78. The Morgan fingerprint density at radius 2 is 2.31 bits per heavy atom. The van der Waals surface area contributed by atoms with Gasteiger partial charge >= 0.3 is 0 Å². The molecule has 0 fully saturated rings. The average Bonchev–Trinajstić information content (AvgIpc) is 2.11. The molecule has 0 aliphatic carbocycles. The maximum absolute atomic E-state index is 5.74. The van der Waals surface area contributed by atoms with Crippen LogP contribution in [0, 0.1) is 6.92 Å². The van der Waals surface area contributed by atoms with E-state index in [1.54, 1.807) is 0 Å². The molecule has 0 aliphatic heterocycles. The number of nitrogen functional groups attached to an aromatic ring is 1. The number of rotatable bonds is 3. The van der Waals surface area contributed by atoms with Crippen LogP contribution in [0.1, 0.15) is 11.4 Å². The molecule has 0 aliphatic rings. The number of hydrogen-bond acceptors (Lipinski definition) is 3. The van der Waals surface area contributed by atoms with Gasteiger partial charge in [0.15, 0.2) is 0 Å². The lowest BCUT2D eigenvalue weighted by Crippen LogP contribution is -2.04. The molecule has 1 aromatic heterocycles. The summed E-state index contributed by atoms with van der Waals surface area (Å²) in [5.74, 6) is 0. The van der Waals surface area contributed by atoms with Gasteiger partial charge in [-0.25, -0.2) is 0 Å². The monoisotopic (exact) mass is 177 g/mol. The quantitative estimate of drug-likeness (QED) is 0.729. The topological polar surface area (TPSA) is 50.9 Å². The highest BCUT2D eigenvalue weighted by Crippen LogP contribution is 2.10. The summed E-state index contributed by atoms with van der Waals surface area (Å²) in [7, 11) is 1.90. The average molecular weight is 177 g/mol. The van der Waals surface area contributed by atoms with Gasteiger partial charge in [0.25, 0.3) is 0 Å². The zero-order chi connectivity index (χ0) is 9.68. The molecule has 70 valence electrons. The number of nitrogens with zero attached hydrogens (tertiary/aromatic N) is 1. The van der Waals surface area contributed by atoms with Crippen molar-refractivity contribution in [1.82, 2.24) is 10.3 Å². The van der Waals surface area contributed by atoms with Crippen LogP contribution >= 0.6 is 0 Å². The highest BCUT2D eigenvalue weighted by molar-refractivity contribution is 5.60. The van der Waals surface area contributed by atoms with Crippen molar-refractivity contribution in [3.63, 3.8) is 0 Å². The predicted octanol–water partition coefficient (Wildman–Crippen LogP) is 1.20. The zero-order valence-electron chi connectivity index (χ0n) is 8.04. The molecule has 0 saturated heterocycles. The number of nitrogens with one attached hydrogen (secondary N) is 1. The summed E-state index contributed by atoms with van der Waals surface area (Å²) < 4.78 is 0. The standard InChI is InChI=1S/C10H15N3/c1-8-5-6-9(11)10(13-8)4-3-7-12-2/h3-6,12H,7,11H2,1-2H3. The van der Waals surface area contributed by atoms with Gasteiger partial charge < -0.3 is 11.1 Å². The third-order valence-electron chi connectivity index (χ3n) is 1.69. The van der Waals surface area contributed by atoms with Crippen molar-refractivity contribution < 1.29 is 0 Å². The van der Waals surface area contributed by atoms with Gasteiger partial charge in [0, 0.05) is 12.2 Å². The van der Waals surface area contributed by atoms with Crippen molar-refractivity contribution in [1.29, 1.82) is 0 Å². The molecule has 3 N–H and O–H groups in total. The highest BCUT2D eigenvalue weighted by atomic mass is 14.8. The van der Waals surface area contributed by atoms with E-state index >= 15 is 0 Å². The molecule has 1 aromatic rings. The molecule has 0 bridgehead atoms. The summed E-state index contributed by atoms with van der Waals surface area (Å²) in [5, 5.41) is 3.02. The molecule has 0 saturated carbocycles. The van der Waals surface area contributed by atoms with Crippen molar-refractivity contribution in [2.75, 3.05) is 19.3 Å². The van der Waals surface area contributed by atoms with Crippen LogP contribution in [-0.2, 0) is 0 Å². The summed E-state index contributed by atoms with van der Waals surface area (Å²) in [5.41, 5.74) is 8.29. The third-order valence-corrected chi connectivity index (χ3v) is 1.69. The Labute approximate surface area is 78.7 Å². The van der Waals surface area contributed by atoms with E-state index in [0.717, 1.165) is 23.6 Å². The van der Waals surface area contributed by atoms with Gasteiger partial charge in [-0.2, -0.15) is 0 Å². The SMILES string of the molecule is CNCC=Cc1nc(C)ccc1N. The summed E-state index contributed by atoms with van der Waals surface area (Å²) in [6.45, 7) is 2.78. The first-order valence-electron chi connectivity index (χ1n) is 4.28. The van der Waals surface area contributed by atoms with E-state index in [9.17, 15) is 0 Å². The van der Waals surface area contributed by atoms with Crippen LogP contribution in [-0.4, -0.2) is 18.6 Å². The van der Waals surface area contributed by atoms with E-state index in [2.05, 4.69) is 10.3 Å². The smallest absolute Gasteiger partial charge is 0.0859 e. The molecule has 0 aromatic carbocycles. The van der Waals surface area contributed by atoms with Crippen LogP contribution in [0.3, 0.4) is 0 Å². The van der Waals surface area contributed by atoms with E-state index in [4.69, 9.17) is 5.73 Å².